The molecule has 2 aromatic carbocycles. The van der Waals surface area contributed by atoms with Gasteiger partial charge in [0.15, 0.2) is 5.96 Å². The smallest absolute Gasteiger partial charge is 0.215 e. The molecule has 0 aromatic heterocycles. The molecule has 0 aliphatic heterocycles. The maximum Gasteiger partial charge on any atom is 0.215 e. The highest BCUT2D eigenvalue weighted by atomic mass is 127. The fourth-order valence-corrected chi connectivity index (χ4v) is 3.30. The molecular formula is C20H29IN4O2S. The van der Waals surface area contributed by atoms with Crippen LogP contribution < -0.4 is 15.8 Å². The molecule has 0 radical (unpaired) electrons. The van der Waals surface area contributed by atoms with Crippen LogP contribution in [0.3, 0.4) is 0 Å². The third kappa shape index (κ3) is 7.76. The summed E-state index contributed by atoms with van der Waals surface area (Å²) in [4.78, 5) is 4.34. The number of benzene rings is 2. The average Bonchev–Trinajstić information content (AvgIpc) is 2.67. The number of halogens is 1. The van der Waals surface area contributed by atoms with Crippen molar-refractivity contribution in [2.24, 2.45) is 10.7 Å². The summed E-state index contributed by atoms with van der Waals surface area (Å²) in [5.41, 5.74) is 9.85. The van der Waals surface area contributed by atoms with E-state index in [4.69, 9.17) is 5.73 Å². The van der Waals surface area contributed by atoms with Crippen LogP contribution in [0.4, 0.5) is 5.69 Å². The van der Waals surface area contributed by atoms with Crippen molar-refractivity contribution in [1.29, 1.82) is 0 Å². The van der Waals surface area contributed by atoms with Gasteiger partial charge in [-0.2, -0.15) is 0 Å². The molecule has 0 saturated heterocycles. The molecule has 6 nitrogen and oxygen atoms in total. The highest BCUT2D eigenvalue weighted by molar-refractivity contribution is 14.0. The topological polar surface area (TPSA) is 96.6 Å². The highest BCUT2D eigenvalue weighted by Gasteiger charge is 2.08. The Morgan fingerprint density at radius 2 is 1.64 bits per heavy atom. The summed E-state index contributed by atoms with van der Waals surface area (Å²) in [6.45, 7) is 4.80. The summed E-state index contributed by atoms with van der Waals surface area (Å²) in [7, 11) is -1.85. The first-order chi connectivity index (χ1) is 12.8. The number of hydrogen-bond acceptors (Lipinski definition) is 3. The van der Waals surface area contributed by atoms with E-state index in [1.807, 2.05) is 24.3 Å². The van der Waals surface area contributed by atoms with E-state index in [1.54, 1.807) is 12.1 Å². The number of guanidine groups is 1. The Hall–Kier alpha value is -1.65. The van der Waals surface area contributed by atoms with Crippen molar-refractivity contribution in [3.05, 3.63) is 65.2 Å². The van der Waals surface area contributed by atoms with Crippen molar-refractivity contribution in [1.82, 2.24) is 4.72 Å². The quantitative estimate of drug-likeness (QED) is 0.283. The standard InChI is InChI=1S/C20H28N4O2S.HI/c1-4-15(2)18-9-11-19(12-10-18)24-20(21)23-13-16-5-7-17(8-6-16)14-27(25,26)22-3;/h5-12,15,22H,4,13-14H2,1-3H3,(H3,21,23,24);1H. The summed E-state index contributed by atoms with van der Waals surface area (Å²) >= 11 is 0. The SMILES string of the molecule is CCC(C)c1ccc(NC(N)=NCc2ccc(CS(=O)(=O)NC)cc2)cc1.I. The minimum atomic E-state index is -3.26. The molecule has 4 N–H and O–H groups in total. The van der Waals surface area contributed by atoms with Gasteiger partial charge in [0.05, 0.1) is 12.3 Å². The molecule has 0 saturated carbocycles. The summed E-state index contributed by atoms with van der Waals surface area (Å²) in [5, 5.41) is 3.09. The number of nitrogens with zero attached hydrogens (tertiary/aromatic N) is 1. The maximum absolute atomic E-state index is 11.6. The zero-order valence-corrected chi connectivity index (χ0v) is 19.6. The van der Waals surface area contributed by atoms with Crippen molar-refractivity contribution in [2.75, 3.05) is 12.4 Å². The zero-order valence-electron chi connectivity index (χ0n) is 16.5. The fourth-order valence-electron chi connectivity index (χ4n) is 2.53. The number of anilines is 1. The van der Waals surface area contributed by atoms with Gasteiger partial charge in [0.25, 0.3) is 0 Å². The molecule has 0 aliphatic rings. The lowest BCUT2D eigenvalue weighted by Gasteiger charge is -2.11. The first-order valence-corrected chi connectivity index (χ1v) is 10.6. The molecule has 2 aromatic rings. The van der Waals surface area contributed by atoms with Gasteiger partial charge < -0.3 is 11.1 Å². The number of rotatable bonds is 8. The van der Waals surface area contributed by atoms with Gasteiger partial charge in [-0.25, -0.2) is 18.1 Å². The van der Waals surface area contributed by atoms with E-state index in [0.717, 1.165) is 23.2 Å². The Morgan fingerprint density at radius 1 is 1.07 bits per heavy atom. The van der Waals surface area contributed by atoms with E-state index < -0.39 is 10.0 Å². The van der Waals surface area contributed by atoms with Gasteiger partial charge in [0.2, 0.25) is 10.0 Å². The average molecular weight is 516 g/mol. The lowest BCUT2D eigenvalue weighted by atomic mass is 9.99. The molecule has 1 unspecified atom stereocenters. The normalized spacial score (nSPS) is 12.9. The molecule has 1 atom stereocenters. The van der Waals surface area contributed by atoms with Crippen LogP contribution in [0.15, 0.2) is 53.5 Å². The molecule has 0 amide bonds. The van der Waals surface area contributed by atoms with Gasteiger partial charge in [0.1, 0.15) is 0 Å². The second-order valence-electron chi connectivity index (χ2n) is 6.54. The van der Waals surface area contributed by atoms with E-state index in [2.05, 4.69) is 41.0 Å². The molecular weight excluding hydrogens is 487 g/mol. The third-order valence-electron chi connectivity index (χ3n) is 4.49. The Bertz CT molecular complexity index is 866. The first kappa shape index (κ1) is 24.4. The largest absolute Gasteiger partial charge is 0.370 e. The summed E-state index contributed by atoms with van der Waals surface area (Å²) in [5.74, 6) is 0.841. The van der Waals surface area contributed by atoms with Crippen LogP contribution in [0, 0.1) is 0 Å². The molecule has 154 valence electrons. The van der Waals surface area contributed by atoms with Crippen LogP contribution in [0.1, 0.15) is 42.9 Å². The lowest BCUT2D eigenvalue weighted by molar-refractivity contribution is 0.587. The monoisotopic (exact) mass is 516 g/mol. The van der Waals surface area contributed by atoms with Crippen LogP contribution in [-0.2, 0) is 22.3 Å². The number of nitrogens with one attached hydrogen (secondary N) is 2. The number of hydrogen-bond donors (Lipinski definition) is 3. The van der Waals surface area contributed by atoms with E-state index in [0.29, 0.717) is 18.4 Å². The van der Waals surface area contributed by atoms with E-state index >= 15 is 0 Å². The molecule has 8 heteroatoms. The zero-order chi connectivity index (χ0) is 19.9. The Morgan fingerprint density at radius 3 is 2.18 bits per heavy atom. The minimum absolute atomic E-state index is 0. The Kier molecular flexibility index (Phi) is 9.91. The van der Waals surface area contributed by atoms with Crippen LogP contribution in [0.25, 0.3) is 0 Å². The number of sulfonamides is 1. The maximum atomic E-state index is 11.6. The third-order valence-corrected chi connectivity index (χ3v) is 5.82. The molecule has 2 rings (SSSR count). The van der Waals surface area contributed by atoms with Gasteiger partial charge in [-0.3, -0.25) is 0 Å². The molecule has 0 fully saturated rings. The van der Waals surface area contributed by atoms with Crippen molar-refractivity contribution in [3.8, 4) is 0 Å². The van der Waals surface area contributed by atoms with Crippen LogP contribution in [0.2, 0.25) is 0 Å². The highest BCUT2D eigenvalue weighted by Crippen LogP contribution is 2.20. The lowest BCUT2D eigenvalue weighted by Crippen LogP contribution is -2.22. The second kappa shape index (κ2) is 11.4. The molecule has 0 aliphatic carbocycles. The van der Waals surface area contributed by atoms with E-state index in [1.165, 1.54) is 12.6 Å². The van der Waals surface area contributed by atoms with Crippen molar-refractivity contribution >= 4 is 45.6 Å². The summed E-state index contributed by atoms with van der Waals surface area (Å²) < 4.78 is 25.4. The van der Waals surface area contributed by atoms with Crippen LogP contribution >= 0.6 is 24.0 Å². The predicted octanol–water partition coefficient (Wildman–Crippen LogP) is 3.79. The first-order valence-electron chi connectivity index (χ1n) is 8.99. The molecule has 0 spiro atoms. The summed E-state index contributed by atoms with van der Waals surface area (Å²) in [6, 6.07) is 15.5. The Labute approximate surface area is 185 Å². The number of aliphatic imine (C=N–C) groups is 1. The van der Waals surface area contributed by atoms with E-state index in [9.17, 15) is 8.42 Å². The van der Waals surface area contributed by atoms with E-state index in [-0.39, 0.29) is 29.7 Å². The van der Waals surface area contributed by atoms with Gasteiger partial charge >= 0.3 is 0 Å². The predicted molar refractivity (Wildman–Crippen MR) is 128 cm³/mol. The van der Waals surface area contributed by atoms with Crippen molar-refractivity contribution < 1.29 is 8.42 Å². The van der Waals surface area contributed by atoms with Gasteiger partial charge in [-0.1, -0.05) is 50.2 Å². The van der Waals surface area contributed by atoms with Gasteiger partial charge in [-0.05, 0) is 48.2 Å². The van der Waals surface area contributed by atoms with Gasteiger partial charge in [0, 0.05) is 5.69 Å². The molecule has 28 heavy (non-hydrogen) atoms. The fraction of sp³-hybridized carbons (Fsp3) is 0.350. The van der Waals surface area contributed by atoms with Crippen molar-refractivity contribution in [3.63, 3.8) is 0 Å². The minimum Gasteiger partial charge on any atom is -0.370 e. The summed E-state index contributed by atoms with van der Waals surface area (Å²) in [6.07, 6.45) is 1.11. The Balaban J connectivity index is 0.00000392. The van der Waals surface area contributed by atoms with Crippen LogP contribution in [-0.4, -0.2) is 21.4 Å². The molecule has 0 heterocycles. The van der Waals surface area contributed by atoms with Gasteiger partial charge in [-0.15, -0.1) is 24.0 Å². The molecule has 0 bridgehead atoms. The van der Waals surface area contributed by atoms with Crippen molar-refractivity contribution in [2.45, 2.75) is 38.5 Å². The number of nitrogens with two attached hydrogens (primary N) is 1. The second-order valence-corrected chi connectivity index (χ2v) is 8.46. The van der Waals surface area contributed by atoms with Crippen LogP contribution in [0.5, 0.6) is 0 Å².